The average Bonchev–Trinajstić information content (AvgIpc) is 3.20. The number of rotatable bonds is 10. The van der Waals surface area contributed by atoms with Crippen molar-refractivity contribution in [1.82, 2.24) is 9.80 Å². The standard InChI is InChI=1S/C23H30N2O8S2/c1-24(23(27)12-17-6-8-21(9-7-17)34(2,28)29)22(15-25-11-10-19(26)14-25)18-4-3-5-20(13-18)33-16-35(30,31)32/h3-9,13,19,22,26H,10-12,14-16H2,1-2H3,(H,30,31,32)/t19-,22+/m0/s1. The number of amides is 1. The summed E-state index contributed by atoms with van der Waals surface area (Å²) in [7, 11) is -5.99. The van der Waals surface area contributed by atoms with Crippen LogP contribution in [0.2, 0.25) is 0 Å². The van der Waals surface area contributed by atoms with E-state index in [1.54, 1.807) is 48.3 Å². The molecule has 1 amide bonds. The van der Waals surface area contributed by atoms with Crippen LogP contribution in [0.15, 0.2) is 53.4 Å². The van der Waals surface area contributed by atoms with Crippen LogP contribution in [-0.2, 0) is 31.2 Å². The van der Waals surface area contributed by atoms with Gasteiger partial charge in [0.05, 0.1) is 23.5 Å². The summed E-state index contributed by atoms with van der Waals surface area (Å²) in [5, 5.41) is 9.93. The zero-order valence-electron chi connectivity index (χ0n) is 19.6. The maximum Gasteiger partial charge on any atom is 0.300 e. The second-order valence-corrected chi connectivity index (χ2v) is 12.1. The zero-order valence-corrected chi connectivity index (χ0v) is 21.2. The third-order valence-electron chi connectivity index (χ3n) is 5.86. The fourth-order valence-electron chi connectivity index (χ4n) is 3.96. The first-order valence-corrected chi connectivity index (χ1v) is 14.4. The number of β-amino-alcohol motifs (C(OH)–C–C–N with tert-alkyl or cyclic N) is 1. The predicted octanol–water partition coefficient (Wildman–Crippen LogP) is 1.12. The van der Waals surface area contributed by atoms with Gasteiger partial charge in [-0.1, -0.05) is 24.3 Å². The van der Waals surface area contributed by atoms with Crippen molar-refractivity contribution in [1.29, 1.82) is 0 Å². The minimum absolute atomic E-state index is 0.0542. The third kappa shape index (κ3) is 8.00. The Bertz CT molecular complexity index is 1250. The molecular formula is C23H30N2O8S2. The quantitative estimate of drug-likeness (QED) is 0.436. The number of aliphatic hydroxyl groups is 1. The molecule has 0 aliphatic carbocycles. The molecule has 192 valence electrons. The second kappa shape index (κ2) is 11.0. The molecule has 1 fully saturated rings. The van der Waals surface area contributed by atoms with Gasteiger partial charge in [0.15, 0.2) is 9.84 Å². The number of hydrogen-bond acceptors (Lipinski definition) is 8. The van der Waals surface area contributed by atoms with Crippen LogP contribution in [0, 0.1) is 0 Å². The highest BCUT2D eigenvalue weighted by molar-refractivity contribution is 7.90. The van der Waals surface area contributed by atoms with Crippen LogP contribution in [0.25, 0.3) is 0 Å². The van der Waals surface area contributed by atoms with Crippen molar-refractivity contribution in [3.63, 3.8) is 0 Å². The lowest BCUT2D eigenvalue weighted by Crippen LogP contribution is -2.39. The number of aliphatic hydroxyl groups excluding tert-OH is 1. The SMILES string of the molecule is CN(C(=O)Cc1ccc(S(C)(=O)=O)cc1)[C@H](CN1CC[C@H](O)C1)c1cccc(OCS(=O)(=O)O)c1. The number of hydrogen-bond donors (Lipinski definition) is 2. The molecule has 12 heteroatoms. The molecule has 2 aromatic carbocycles. The molecule has 10 nitrogen and oxygen atoms in total. The average molecular weight is 527 g/mol. The number of sulfone groups is 1. The molecule has 0 unspecified atom stereocenters. The van der Waals surface area contributed by atoms with Gasteiger partial charge in [0.1, 0.15) is 5.75 Å². The Kier molecular flexibility index (Phi) is 8.54. The summed E-state index contributed by atoms with van der Waals surface area (Å²) in [6, 6.07) is 12.4. The molecule has 1 heterocycles. The Morgan fingerprint density at radius 2 is 1.86 bits per heavy atom. The highest BCUT2D eigenvalue weighted by atomic mass is 32.2. The van der Waals surface area contributed by atoms with Crippen molar-refractivity contribution >= 4 is 25.9 Å². The van der Waals surface area contributed by atoms with Gasteiger partial charge in [-0.05, 0) is 41.8 Å². The largest absolute Gasteiger partial charge is 0.475 e. The molecule has 0 bridgehead atoms. The van der Waals surface area contributed by atoms with Crippen molar-refractivity contribution in [3.8, 4) is 5.75 Å². The Balaban J connectivity index is 1.81. The first kappa shape index (κ1) is 27.1. The van der Waals surface area contributed by atoms with E-state index in [0.29, 0.717) is 37.2 Å². The fraction of sp³-hybridized carbons (Fsp3) is 0.435. The second-order valence-electron chi connectivity index (χ2n) is 8.73. The molecule has 2 atom stereocenters. The molecule has 2 N–H and O–H groups in total. The topological polar surface area (TPSA) is 142 Å². The molecule has 0 saturated carbocycles. The van der Waals surface area contributed by atoms with Gasteiger partial charge in [-0.25, -0.2) is 8.42 Å². The van der Waals surface area contributed by atoms with Crippen molar-refractivity contribution in [2.45, 2.75) is 29.9 Å². The van der Waals surface area contributed by atoms with E-state index in [1.165, 1.54) is 12.1 Å². The minimum Gasteiger partial charge on any atom is -0.475 e. The lowest BCUT2D eigenvalue weighted by atomic mass is 10.0. The first-order chi connectivity index (χ1) is 16.3. The normalized spacial score (nSPS) is 17.8. The molecule has 2 aromatic rings. The molecular weight excluding hydrogens is 496 g/mol. The van der Waals surface area contributed by atoms with Crippen LogP contribution >= 0.6 is 0 Å². The van der Waals surface area contributed by atoms with E-state index in [2.05, 4.69) is 0 Å². The van der Waals surface area contributed by atoms with Crippen molar-refractivity contribution in [2.75, 3.05) is 38.9 Å². The van der Waals surface area contributed by atoms with Crippen LogP contribution in [0.1, 0.15) is 23.6 Å². The summed E-state index contributed by atoms with van der Waals surface area (Å²) < 4.78 is 59.6. The number of likely N-dealkylation sites (N-methyl/N-ethyl adjacent to an activating group) is 1. The molecule has 1 aliphatic heterocycles. The molecule has 0 radical (unpaired) electrons. The first-order valence-electron chi connectivity index (χ1n) is 10.9. The van der Waals surface area contributed by atoms with E-state index < -0.39 is 38.0 Å². The highest BCUT2D eigenvalue weighted by Gasteiger charge is 2.28. The van der Waals surface area contributed by atoms with Gasteiger partial charge in [-0.3, -0.25) is 14.2 Å². The van der Waals surface area contributed by atoms with Crippen LogP contribution in [-0.4, -0.2) is 87.2 Å². The van der Waals surface area contributed by atoms with Crippen molar-refractivity contribution < 1.29 is 36.0 Å². The number of benzene rings is 2. The number of ether oxygens (including phenoxy) is 1. The van der Waals surface area contributed by atoms with Gasteiger partial charge < -0.3 is 14.7 Å². The van der Waals surface area contributed by atoms with Gasteiger partial charge in [-0.15, -0.1) is 0 Å². The van der Waals surface area contributed by atoms with Crippen molar-refractivity contribution in [3.05, 3.63) is 59.7 Å². The smallest absolute Gasteiger partial charge is 0.300 e. The third-order valence-corrected chi connectivity index (χ3v) is 7.41. The van der Waals surface area contributed by atoms with Gasteiger partial charge in [0.2, 0.25) is 11.8 Å². The summed E-state index contributed by atoms with van der Waals surface area (Å²) in [6.45, 7) is 1.59. The summed E-state index contributed by atoms with van der Waals surface area (Å²) in [4.78, 5) is 17.0. The van der Waals surface area contributed by atoms with Gasteiger partial charge >= 0.3 is 10.1 Å². The monoisotopic (exact) mass is 526 g/mol. The minimum atomic E-state index is -4.32. The Hall–Kier alpha value is -2.51. The van der Waals surface area contributed by atoms with Crippen LogP contribution in [0.5, 0.6) is 5.75 Å². The van der Waals surface area contributed by atoms with Crippen LogP contribution < -0.4 is 4.74 Å². The summed E-state index contributed by atoms with van der Waals surface area (Å²) >= 11 is 0. The van der Waals surface area contributed by atoms with E-state index in [9.17, 15) is 26.7 Å². The number of nitrogens with zero attached hydrogens (tertiary/aromatic N) is 2. The van der Waals surface area contributed by atoms with Crippen molar-refractivity contribution in [2.24, 2.45) is 0 Å². The predicted molar refractivity (Wildman–Crippen MR) is 129 cm³/mol. The number of likely N-dealkylation sites (tertiary alicyclic amines) is 1. The van der Waals surface area contributed by atoms with Gasteiger partial charge in [0.25, 0.3) is 0 Å². The lowest BCUT2D eigenvalue weighted by molar-refractivity contribution is -0.131. The van der Waals surface area contributed by atoms with Crippen LogP contribution in [0.4, 0.5) is 0 Å². The highest BCUT2D eigenvalue weighted by Crippen LogP contribution is 2.27. The Morgan fingerprint density at radius 3 is 2.43 bits per heavy atom. The summed E-state index contributed by atoms with van der Waals surface area (Å²) in [5.41, 5.74) is 1.36. The molecule has 1 saturated heterocycles. The summed E-state index contributed by atoms with van der Waals surface area (Å²) in [5.74, 6) is -0.868. The lowest BCUT2D eigenvalue weighted by Gasteiger charge is -2.32. The number of carbonyl (C=O) groups excluding carboxylic acids is 1. The Morgan fingerprint density at radius 1 is 1.17 bits per heavy atom. The van der Waals surface area contributed by atoms with Gasteiger partial charge in [-0.2, -0.15) is 8.42 Å². The zero-order chi connectivity index (χ0) is 25.8. The van der Waals surface area contributed by atoms with Crippen LogP contribution in [0.3, 0.4) is 0 Å². The fourth-order valence-corrected chi connectivity index (χ4v) is 4.87. The molecule has 35 heavy (non-hydrogen) atoms. The molecule has 0 spiro atoms. The Labute approximate surface area is 205 Å². The van der Waals surface area contributed by atoms with E-state index in [0.717, 1.165) is 6.26 Å². The molecule has 3 rings (SSSR count). The summed E-state index contributed by atoms with van der Waals surface area (Å²) in [6.07, 6.45) is 1.37. The van der Waals surface area contributed by atoms with E-state index in [-0.39, 0.29) is 23.0 Å². The maximum absolute atomic E-state index is 13.2. The van der Waals surface area contributed by atoms with E-state index in [4.69, 9.17) is 9.29 Å². The molecule has 1 aliphatic rings. The van der Waals surface area contributed by atoms with Gasteiger partial charge in [0, 0.05) is 32.9 Å². The van der Waals surface area contributed by atoms with E-state index >= 15 is 0 Å². The molecule has 0 aromatic heterocycles. The van der Waals surface area contributed by atoms with E-state index in [1.807, 2.05) is 4.90 Å². The number of carbonyl (C=O) groups is 1. The maximum atomic E-state index is 13.2.